The Morgan fingerprint density at radius 3 is 2.33 bits per heavy atom. The molecule has 2 heterocycles. The molecule has 2 aromatic carbocycles. The standard InChI is InChI=1S/C33H41F3N2O.C5H9N/c1-3-23-14-16-38(17-15-23)31-21-27-11-10-25(20-30(27)37-32(31)39)19-26(9-5-8-24-6-4-7-24)29-13-12-28(18-22(29)2)33(34,35)36;6-4-5-2-1-3-5/h10-13,18-20,23-24,31H,3-9,14-17,21H2,1-2H3,(H,37,39);4H,1-3,6H2/b26-19+;. The summed E-state index contributed by atoms with van der Waals surface area (Å²) in [7, 11) is 0. The van der Waals surface area contributed by atoms with Crippen LogP contribution >= 0.6 is 0 Å². The van der Waals surface area contributed by atoms with Crippen molar-refractivity contribution in [2.24, 2.45) is 17.6 Å². The average molecular weight is 622 g/mol. The molecule has 3 N–H and O–H groups in total. The van der Waals surface area contributed by atoms with Crippen molar-refractivity contribution in [1.29, 1.82) is 0 Å². The van der Waals surface area contributed by atoms with Crippen LogP contribution in [0.5, 0.6) is 0 Å². The number of benzene rings is 2. The highest BCUT2D eigenvalue weighted by atomic mass is 19.4. The van der Waals surface area contributed by atoms with E-state index in [9.17, 15) is 18.0 Å². The van der Waals surface area contributed by atoms with E-state index in [2.05, 4.69) is 35.3 Å². The first-order valence-electron chi connectivity index (χ1n) is 17.1. The van der Waals surface area contributed by atoms with Gasteiger partial charge < -0.3 is 11.1 Å². The van der Waals surface area contributed by atoms with Crippen LogP contribution < -0.4 is 11.1 Å². The number of nitrogens with two attached hydrogens (primary N) is 1. The lowest BCUT2D eigenvalue weighted by Gasteiger charge is -2.38. The van der Waals surface area contributed by atoms with Gasteiger partial charge in [0.25, 0.3) is 0 Å². The number of allylic oxidation sites excluding steroid dienone is 2. The molecule has 2 aliphatic carbocycles. The molecule has 1 unspecified atom stereocenters. The number of hydrogen-bond donors (Lipinski definition) is 2. The summed E-state index contributed by atoms with van der Waals surface area (Å²) in [5.74, 6) is 1.63. The Hall–Kier alpha value is -3.06. The zero-order valence-corrected chi connectivity index (χ0v) is 27.0. The summed E-state index contributed by atoms with van der Waals surface area (Å²) in [6.45, 7) is 5.96. The molecule has 4 nitrogen and oxygen atoms in total. The summed E-state index contributed by atoms with van der Waals surface area (Å²) in [5.41, 5.74) is 11.5. The van der Waals surface area contributed by atoms with E-state index < -0.39 is 11.7 Å². The van der Waals surface area contributed by atoms with Gasteiger partial charge in [-0.3, -0.25) is 9.69 Å². The van der Waals surface area contributed by atoms with Gasteiger partial charge in [0.1, 0.15) is 0 Å². The van der Waals surface area contributed by atoms with Gasteiger partial charge in [-0.15, -0.1) is 0 Å². The minimum atomic E-state index is -4.35. The Balaban J connectivity index is 0.000000598. The maximum atomic E-state index is 13.3. The fourth-order valence-electron chi connectivity index (χ4n) is 7.06. The van der Waals surface area contributed by atoms with Gasteiger partial charge in [0.15, 0.2) is 0 Å². The molecule has 0 spiro atoms. The van der Waals surface area contributed by atoms with Crippen molar-refractivity contribution in [3.63, 3.8) is 0 Å². The van der Waals surface area contributed by atoms with Crippen LogP contribution in [0.1, 0.15) is 112 Å². The summed E-state index contributed by atoms with van der Waals surface area (Å²) >= 11 is 0. The number of nitrogens with one attached hydrogen (secondary N) is 1. The lowest BCUT2D eigenvalue weighted by molar-refractivity contribution is -0.137. The van der Waals surface area contributed by atoms with Crippen LogP contribution in [0, 0.1) is 18.8 Å². The van der Waals surface area contributed by atoms with E-state index in [1.165, 1.54) is 62.7 Å². The number of likely N-dealkylation sites (tertiary alicyclic amines) is 1. The second-order valence-electron chi connectivity index (χ2n) is 13.6. The van der Waals surface area contributed by atoms with Gasteiger partial charge in [-0.2, -0.15) is 13.2 Å². The molecule has 2 aliphatic heterocycles. The van der Waals surface area contributed by atoms with Gasteiger partial charge in [-0.25, -0.2) is 0 Å². The first-order valence-corrected chi connectivity index (χ1v) is 17.1. The average Bonchev–Trinajstić information content (AvgIpc) is 2.97. The largest absolute Gasteiger partial charge is 0.416 e. The van der Waals surface area contributed by atoms with Crippen molar-refractivity contribution in [3.05, 3.63) is 76.0 Å². The number of carbonyl (C=O) groups excluding carboxylic acids is 1. The fraction of sp³-hybridized carbons (Fsp3) is 0.553. The third kappa shape index (κ3) is 8.60. The number of aryl methyl sites for hydroxylation is 1. The number of rotatable bonds is 8. The highest BCUT2D eigenvalue weighted by Gasteiger charge is 2.33. The molecule has 45 heavy (non-hydrogen) atoms. The molecule has 4 aliphatic rings. The van der Waals surface area contributed by atoms with Crippen molar-refractivity contribution in [1.82, 2.24) is 4.90 Å². The van der Waals surface area contributed by atoms with E-state index >= 15 is 0 Å². The minimum Gasteiger partial charge on any atom is -0.405 e. The summed E-state index contributed by atoms with van der Waals surface area (Å²) < 4.78 is 39.9. The van der Waals surface area contributed by atoms with Crippen molar-refractivity contribution in [2.45, 2.75) is 110 Å². The second-order valence-corrected chi connectivity index (χ2v) is 13.6. The van der Waals surface area contributed by atoms with Crippen LogP contribution in [0.15, 0.2) is 48.2 Å². The monoisotopic (exact) mass is 621 g/mol. The fourth-order valence-corrected chi connectivity index (χ4v) is 7.06. The number of carbonyl (C=O) groups is 1. The van der Waals surface area contributed by atoms with Crippen LogP contribution in [0.4, 0.5) is 18.9 Å². The summed E-state index contributed by atoms with van der Waals surface area (Å²) in [6, 6.07) is 10.2. The van der Waals surface area contributed by atoms with Crippen molar-refractivity contribution in [3.8, 4) is 0 Å². The van der Waals surface area contributed by atoms with Crippen LogP contribution in [-0.4, -0.2) is 29.9 Å². The van der Waals surface area contributed by atoms with E-state index in [1.807, 2.05) is 6.07 Å². The maximum Gasteiger partial charge on any atom is 0.416 e. The van der Waals surface area contributed by atoms with Crippen LogP contribution in [0.2, 0.25) is 0 Å². The summed E-state index contributed by atoms with van der Waals surface area (Å²) in [6.07, 6.45) is 14.5. The van der Waals surface area contributed by atoms with Gasteiger partial charge in [-0.05, 0) is 135 Å². The molecule has 2 aromatic rings. The predicted octanol–water partition coefficient (Wildman–Crippen LogP) is 9.52. The number of anilines is 1. The summed E-state index contributed by atoms with van der Waals surface area (Å²) in [4.78, 5) is 15.4. The molecule has 0 bridgehead atoms. The molecule has 0 aromatic heterocycles. The van der Waals surface area contributed by atoms with E-state index in [4.69, 9.17) is 5.73 Å². The third-order valence-corrected chi connectivity index (χ3v) is 10.5. The zero-order valence-electron chi connectivity index (χ0n) is 27.0. The van der Waals surface area contributed by atoms with Crippen molar-refractivity contribution in [2.75, 3.05) is 18.4 Å². The van der Waals surface area contributed by atoms with Crippen LogP contribution in [0.25, 0.3) is 11.6 Å². The molecule has 0 radical (unpaired) electrons. The quantitative estimate of drug-likeness (QED) is 0.289. The Labute approximate surface area is 267 Å². The van der Waals surface area contributed by atoms with Gasteiger partial charge in [0.05, 0.1) is 11.6 Å². The molecule has 2 saturated carbocycles. The highest BCUT2D eigenvalue weighted by molar-refractivity contribution is 5.98. The lowest BCUT2D eigenvalue weighted by Crippen LogP contribution is -2.50. The predicted molar refractivity (Wildman–Crippen MR) is 179 cm³/mol. The van der Waals surface area contributed by atoms with E-state index in [0.29, 0.717) is 12.0 Å². The van der Waals surface area contributed by atoms with Crippen molar-refractivity contribution >= 4 is 23.2 Å². The topological polar surface area (TPSA) is 58.4 Å². The Kier molecular flexibility index (Phi) is 11.1. The first-order chi connectivity index (χ1) is 21.6. The number of halogens is 3. The number of nitrogens with zero attached hydrogens (tertiary/aromatic N) is 1. The lowest BCUT2D eigenvalue weighted by atomic mass is 9.81. The third-order valence-electron chi connectivity index (χ3n) is 10.5. The normalized spacial score (nSPS) is 21.2. The van der Waals surface area contributed by atoms with Crippen LogP contribution in [0.3, 0.4) is 0 Å². The Bertz CT molecular complexity index is 1380. The number of piperidine rings is 1. The molecule has 7 heteroatoms. The number of amides is 1. The van der Waals surface area contributed by atoms with Gasteiger partial charge in [0.2, 0.25) is 5.91 Å². The highest BCUT2D eigenvalue weighted by Crippen LogP contribution is 2.37. The maximum absolute atomic E-state index is 13.3. The van der Waals surface area contributed by atoms with Crippen LogP contribution in [-0.2, 0) is 17.4 Å². The molecule has 1 saturated heterocycles. The summed E-state index contributed by atoms with van der Waals surface area (Å²) in [5, 5.41) is 3.16. The smallest absolute Gasteiger partial charge is 0.405 e. The molecule has 1 amide bonds. The van der Waals surface area contributed by atoms with E-state index in [-0.39, 0.29) is 11.9 Å². The SMILES string of the molecule is CCC1CCN(C2Cc3ccc(/C=C(\CCCC4CCC4)c4ccc(C(F)(F)F)cc4C)cc3NC2=O)CC1.NC=C1CCC1. The first kappa shape index (κ1) is 33.3. The Morgan fingerprint density at radius 2 is 1.78 bits per heavy atom. The second kappa shape index (κ2) is 15.0. The minimum absolute atomic E-state index is 0.0675. The number of fused-ring (bicyclic) bond motifs is 1. The number of alkyl halides is 3. The molecule has 6 rings (SSSR count). The molecule has 3 fully saturated rings. The van der Waals surface area contributed by atoms with Crippen molar-refractivity contribution < 1.29 is 18.0 Å². The van der Waals surface area contributed by atoms with Gasteiger partial charge in [0, 0.05) is 5.69 Å². The van der Waals surface area contributed by atoms with Gasteiger partial charge >= 0.3 is 6.18 Å². The molecular formula is C38H50F3N3O. The van der Waals surface area contributed by atoms with Gasteiger partial charge in [-0.1, -0.05) is 68.9 Å². The Morgan fingerprint density at radius 1 is 1.02 bits per heavy atom. The molecule has 1 atom stereocenters. The zero-order chi connectivity index (χ0) is 32.0. The van der Waals surface area contributed by atoms with E-state index in [1.54, 1.807) is 19.2 Å². The number of hydrogen-bond acceptors (Lipinski definition) is 3. The molecular weight excluding hydrogens is 571 g/mol. The van der Waals surface area contributed by atoms with E-state index in [0.717, 1.165) is 85.0 Å². The molecule has 244 valence electrons.